The fourth-order valence-electron chi connectivity index (χ4n) is 4.01. The first kappa shape index (κ1) is 17.5. The minimum Gasteiger partial charge on any atom is -0.481 e. The Morgan fingerprint density at radius 3 is 2.00 bits per heavy atom. The third-order valence-corrected chi connectivity index (χ3v) is 5.77. The van der Waals surface area contributed by atoms with Crippen LogP contribution in [0.2, 0.25) is 0 Å². The molecule has 1 saturated heterocycles. The highest BCUT2D eigenvalue weighted by molar-refractivity contribution is 5.96. The summed E-state index contributed by atoms with van der Waals surface area (Å²) in [5.41, 5.74) is -0.137. The molecule has 0 radical (unpaired) electrons. The van der Waals surface area contributed by atoms with Crippen molar-refractivity contribution < 1.29 is 24.6 Å². The molecule has 1 amide bonds. The summed E-state index contributed by atoms with van der Waals surface area (Å²) in [5.74, 6) is -2.37. The predicted molar refractivity (Wildman–Crippen MR) is 90.1 cm³/mol. The van der Waals surface area contributed by atoms with Crippen LogP contribution >= 0.6 is 0 Å². The topological polar surface area (TPSA) is 94.9 Å². The number of nitrogens with zero attached hydrogens (tertiary/aromatic N) is 1. The fraction of sp³-hybridized carbons (Fsp3) is 0.526. The Labute approximate surface area is 146 Å². The highest BCUT2D eigenvalue weighted by atomic mass is 16.4. The summed E-state index contributed by atoms with van der Waals surface area (Å²) in [6.07, 6.45) is 2.86. The second-order valence-electron chi connectivity index (χ2n) is 7.22. The van der Waals surface area contributed by atoms with E-state index in [1.807, 2.05) is 0 Å². The van der Waals surface area contributed by atoms with Crippen molar-refractivity contribution in [3.05, 3.63) is 35.4 Å². The molecule has 0 spiro atoms. The van der Waals surface area contributed by atoms with Crippen LogP contribution in [0.15, 0.2) is 24.3 Å². The number of aryl methyl sites for hydroxylation is 2. The highest BCUT2D eigenvalue weighted by Crippen LogP contribution is 2.68. The first-order valence-electron chi connectivity index (χ1n) is 8.67. The molecule has 0 aromatic heterocycles. The van der Waals surface area contributed by atoms with E-state index < -0.39 is 22.8 Å². The van der Waals surface area contributed by atoms with Gasteiger partial charge in [0.1, 0.15) is 10.8 Å². The second-order valence-corrected chi connectivity index (χ2v) is 7.22. The Hall–Kier alpha value is -2.37. The largest absolute Gasteiger partial charge is 0.481 e. The maximum atomic E-state index is 12.4. The zero-order chi connectivity index (χ0) is 18.2. The average Bonchev–Trinajstić information content (AvgIpc) is 3.14. The van der Waals surface area contributed by atoms with Gasteiger partial charge in [-0.2, -0.15) is 0 Å². The smallest absolute Gasteiger partial charge is 0.312 e. The molecule has 1 aliphatic carbocycles. The van der Waals surface area contributed by atoms with Gasteiger partial charge in [-0.25, -0.2) is 0 Å². The van der Waals surface area contributed by atoms with Crippen molar-refractivity contribution in [3.63, 3.8) is 0 Å². The Balaban J connectivity index is 1.54. The maximum Gasteiger partial charge on any atom is 0.312 e. The van der Waals surface area contributed by atoms with Gasteiger partial charge in [0.05, 0.1) is 0 Å². The molecular weight excluding hydrogens is 322 g/mol. The van der Waals surface area contributed by atoms with E-state index in [0.29, 0.717) is 12.8 Å². The molecule has 2 fully saturated rings. The van der Waals surface area contributed by atoms with Crippen LogP contribution in [0.25, 0.3) is 0 Å². The third kappa shape index (κ3) is 2.79. The lowest BCUT2D eigenvalue weighted by molar-refractivity contribution is -0.151. The van der Waals surface area contributed by atoms with E-state index in [4.69, 9.17) is 0 Å². The summed E-state index contributed by atoms with van der Waals surface area (Å²) in [4.78, 5) is 36.8. The number of likely N-dealkylation sites (tertiary alicyclic amines) is 1. The normalized spacial score (nSPS) is 27.0. The van der Waals surface area contributed by atoms with E-state index in [0.717, 1.165) is 12.8 Å². The van der Waals surface area contributed by atoms with Crippen LogP contribution in [0, 0.1) is 10.8 Å². The predicted octanol–water partition coefficient (Wildman–Crippen LogP) is 1.96. The molecule has 2 N–H and O–H groups in total. The van der Waals surface area contributed by atoms with Gasteiger partial charge in [0.25, 0.3) is 0 Å². The summed E-state index contributed by atoms with van der Waals surface area (Å²) >= 11 is 0. The van der Waals surface area contributed by atoms with Crippen molar-refractivity contribution in [2.24, 2.45) is 10.8 Å². The van der Waals surface area contributed by atoms with E-state index in [1.165, 1.54) is 16.0 Å². The Bertz CT molecular complexity index is 685. The van der Waals surface area contributed by atoms with Gasteiger partial charge in [-0.05, 0) is 36.8 Å². The van der Waals surface area contributed by atoms with Crippen LogP contribution in [0.5, 0.6) is 0 Å². The number of fused-ring (bicyclic) bond motifs is 1. The van der Waals surface area contributed by atoms with Crippen molar-refractivity contribution in [1.82, 2.24) is 4.90 Å². The van der Waals surface area contributed by atoms with Gasteiger partial charge >= 0.3 is 11.9 Å². The average molecular weight is 345 g/mol. The molecule has 6 nitrogen and oxygen atoms in total. The number of hydrogen-bond acceptors (Lipinski definition) is 3. The molecule has 1 aliphatic heterocycles. The molecule has 1 saturated carbocycles. The molecule has 0 bridgehead atoms. The minimum atomic E-state index is -1.29. The molecule has 25 heavy (non-hydrogen) atoms. The van der Waals surface area contributed by atoms with Gasteiger partial charge in [0.15, 0.2) is 0 Å². The fourth-order valence-corrected chi connectivity index (χ4v) is 4.01. The summed E-state index contributed by atoms with van der Waals surface area (Å²) < 4.78 is 0. The first-order valence-corrected chi connectivity index (χ1v) is 8.67. The van der Waals surface area contributed by atoms with Crippen molar-refractivity contribution in [1.29, 1.82) is 0 Å². The number of carbonyl (C=O) groups is 3. The summed E-state index contributed by atoms with van der Waals surface area (Å²) in [7, 11) is 0. The molecular formula is C19H23NO5. The zero-order valence-corrected chi connectivity index (χ0v) is 14.3. The van der Waals surface area contributed by atoms with Gasteiger partial charge in [0, 0.05) is 19.5 Å². The van der Waals surface area contributed by atoms with E-state index in [9.17, 15) is 24.6 Å². The Morgan fingerprint density at radius 2 is 1.52 bits per heavy atom. The van der Waals surface area contributed by atoms with Crippen LogP contribution in [0.3, 0.4) is 0 Å². The number of piperidine rings is 1. The molecule has 2 atom stereocenters. The second kappa shape index (κ2) is 6.17. The van der Waals surface area contributed by atoms with Gasteiger partial charge in [-0.3, -0.25) is 14.4 Å². The monoisotopic (exact) mass is 345 g/mol. The number of carboxylic acids is 2. The maximum absolute atomic E-state index is 12.4. The summed E-state index contributed by atoms with van der Waals surface area (Å²) in [5, 5.41) is 18.8. The number of carbonyl (C=O) groups excluding carboxylic acids is 1. The number of amides is 1. The minimum absolute atomic E-state index is 0.0126. The highest BCUT2D eigenvalue weighted by Gasteiger charge is 2.81. The third-order valence-electron chi connectivity index (χ3n) is 5.77. The van der Waals surface area contributed by atoms with Gasteiger partial charge < -0.3 is 15.1 Å². The number of carboxylic acid groups (broad SMARTS) is 2. The Morgan fingerprint density at radius 1 is 1.00 bits per heavy atom. The van der Waals surface area contributed by atoms with Gasteiger partial charge in [0.2, 0.25) is 5.91 Å². The molecule has 1 heterocycles. The number of benzene rings is 1. The molecule has 3 rings (SSSR count). The SMILES string of the molecule is CCc1ccc(CCCC(=O)N2C[C@@]3(C(=O)O)C[C@@]3(C(=O)O)C2)cc1. The lowest BCUT2D eigenvalue weighted by atomic mass is 9.97. The van der Waals surface area contributed by atoms with E-state index in [1.54, 1.807) is 0 Å². The molecule has 1 aromatic carbocycles. The molecule has 0 unspecified atom stereocenters. The quantitative estimate of drug-likeness (QED) is 0.788. The van der Waals surface area contributed by atoms with Crippen LogP contribution < -0.4 is 0 Å². The van der Waals surface area contributed by atoms with E-state index in [-0.39, 0.29) is 25.4 Å². The van der Waals surface area contributed by atoms with Crippen molar-refractivity contribution in [3.8, 4) is 0 Å². The number of rotatable bonds is 7. The summed E-state index contributed by atoms with van der Waals surface area (Å²) in [6.45, 7) is 2.12. The van der Waals surface area contributed by atoms with Crippen molar-refractivity contribution in [2.45, 2.75) is 39.0 Å². The zero-order valence-electron chi connectivity index (χ0n) is 14.3. The number of aliphatic carboxylic acids is 2. The first-order chi connectivity index (χ1) is 11.8. The van der Waals surface area contributed by atoms with Crippen LogP contribution in [0.4, 0.5) is 0 Å². The van der Waals surface area contributed by atoms with E-state index >= 15 is 0 Å². The van der Waals surface area contributed by atoms with Crippen molar-refractivity contribution >= 4 is 17.8 Å². The lowest BCUT2D eigenvalue weighted by Gasteiger charge is -2.20. The van der Waals surface area contributed by atoms with Crippen LogP contribution in [-0.4, -0.2) is 46.0 Å². The standard InChI is InChI=1S/C19H23NO5/c1-2-13-6-8-14(9-7-13)4-3-5-15(21)20-11-18(16(22)23)10-19(18,12-20)17(24)25/h6-9H,2-5,10-12H2,1H3,(H,22,23)(H,24,25)/t18-,19+. The Kier molecular flexibility index (Phi) is 4.31. The lowest BCUT2D eigenvalue weighted by Crippen LogP contribution is -2.34. The van der Waals surface area contributed by atoms with Crippen molar-refractivity contribution in [2.75, 3.05) is 13.1 Å². The van der Waals surface area contributed by atoms with Gasteiger partial charge in [-0.1, -0.05) is 31.2 Å². The van der Waals surface area contributed by atoms with E-state index in [2.05, 4.69) is 31.2 Å². The summed E-state index contributed by atoms with van der Waals surface area (Å²) in [6, 6.07) is 8.29. The van der Waals surface area contributed by atoms with Crippen LogP contribution in [0.1, 0.15) is 37.3 Å². The molecule has 6 heteroatoms. The van der Waals surface area contributed by atoms with Gasteiger partial charge in [-0.15, -0.1) is 0 Å². The molecule has 2 aliphatic rings. The van der Waals surface area contributed by atoms with Crippen LogP contribution in [-0.2, 0) is 27.2 Å². The number of hydrogen-bond donors (Lipinski definition) is 2. The molecule has 1 aromatic rings. The molecule has 134 valence electrons.